The zero-order valence-electron chi connectivity index (χ0n) is 14.8. The van der Waals surface area contributed by atoms with Crippen LogP contribution < -0.4 is 10.5 Å². The van der Waals surface area contributed by atoms with Crippen molar-refractivity contribution in [1.29, 1.82) is 0 Å². The summed E-state index contributed by atoms with van der Waals surface area (Å²) in [6.07, 6.45) is 0.160. The average molecular weight is 463 g/mol. The van der Waals surface area contributed by atoms with Crippen molar-refractivity contribution in [3.05, 3.63) is 58.8 Å². The first kappa shape index (κ1) is 23.3. The summed E-state index contributed by atoms with van der Waals surface area (Å²) >= 11 is 5.74. The fraction of sp³-hybridized carbons (Fsp3) is 0.294. The summed E-state index contributed by atoms with van der Waals surface area (Å²) in [5.74, 6) is -0.734. The Balaban J connectivity index is 0.00000300. The zero-order valence-corrected chi connectivity index (χ0v) is 17.2. The second-order valence-electron chi connectivity index (χ2n) is 6.25. The number of sulfonamides is 1. The van der Waals surface area contributed by atoms with Gasteiger partial charge in [-0.1, -0.05) is 11.6 Å². The number of β-amino-alcohol motifs (C(OH)–C–C–N with tert-alkyl or cyclic N) is 1. The molecule has 3 N–H and O–H groups in total. The molecule has 156 valence electrons. The van der Waals surface area contributed by atoms with Crippen molar-refractivity contribution in [2.45, 2.75) is 16.7 Å². The number of aliphatic hydroxyl groups is 1. The van der Waals surface area contributed by atoms with Gasteiger partial charge in [0.25, 0.3) is 10.0 Å². The number of pyridine rings is 1. The number of hydrogen-bond acceptors (Lipinski definition) is 6. The normalized spacial score (nSPS) is 22.0. The monoisotopic (exact) mass is 462 g/mol. The lowest BCUT2D eigenvalue weighted by Gasteiger charge is -2.27. The van der Waals surface area contributed by atoms with Crippen LogP contribution in [0.3, 0.4) is 0 Å². The number of benzene rings is 1. The lowest BCUT2D eigenvalue weighted by molar-refractivity contribution is -0.0200. The predicted octanol–water partition coefficient (Wildman–Crippen LogP) is 1.99. The summed E-state index contributed by atoms with van der Waals surface area (Å²) in [5, 5.41) is 10.8. The molecule has 1 aromatic heterocycles. The van der Waals surface area contributed by atoms with Gasteiger partial charge in [-0.2, -0.15) is 4.31 Å². The van der Waals surface area contributed by atoms with Crippen molar-refractivity contribution in [2.75, 3.05) is 19.6 Å². The number of rotatable bonds is 5. The number of nitrogens with zero attached hydrogens (tertiary/aromatic N) is 3. The SMILES string of the molecule is Cl.[C-]#[N+]c1ccc(O[C@H]2CN(S(=O)(=O)c3ccc(Cl)cn3)C[C@@]2(O)CN)cc1F. The topological polar surface area (TPSA) is 110 Å². The molecule has 1 aromatic carbocycles. The molecule has 1 aliphatic rings. The fourth-order valence-corrected chi connectivity index (χ4v) is 4.34. The molecular weight excluding hydrogens is 446 g/mol. The Bertz CT molecular complexity index is 1030. The van der Waals surface area contributed by atoms with Gasteiger partial charge in [0.15, 0.2) is 5.03 Å². The van der Waals surface area contributed by atoms with Crippen molar-refractivity contribution in [3.8, 4) is 5.75 Å². The largest absolute Gasteiger partial charge is 0.486 e. The van der Waals surface area contributed by atoms with E-state index in [1.807, 2.05) is 0 Å². The molecule has 1 fully saturated rings. The maximum atomic E-state index is 13.8. The number of aromatic nitrogens is 1. The highest BCUT2D eigenvalue weighted by molar-refractivity contribution is 7.89. The van der Waals surface area contributed by atoms with E-state index >= 15 is 0 Å². The van der Waals surface area contributed by atoms with E-state index in [2.05, 4.69) is 9.83 Å². The van der Waals surface area contributed by atoms with Gasteiger partial charge in [0.2, 0.25) is 5.69 Å². The average Bonchev–Trinajstić information content (AvgIpc) is 3.00. The van der Waals surface area contributed by atoms with Gasteiger partial charge in [0, 0.05) is 25.4 Å². The number of ether oxygens (including phenoxy) is 1. The van der Waals surface area contributed by atoms with Crippen LogP contribution in [0.25, 0.3) is 4.85 Å². The standard InChI is InChI=1S/C17H16ClFN4O4S.ClH/c1-21-14-4-3-12(6-13(14)19)27-15-8-23(10-17(15,24)9-20)28(25,26)16-5-2-11(18)7-22-16;/h2-7,15,24H,8-10,20H2;1H/t15-,17-;/m0./s1. The first-order chi connectivity index (χ1) is 13.2. The molecule has 2 heterocycles. The lowest BCUT2D eigenvalue weighted by atomic mass is 10.0. The smallest absolute Gasteiger partial charge is 0.260 e. The first-order valence-electron chi connectivity index (χ1n) is 8.07. The van der Waals surface area contributed by atoms with Crippen LogP contribution in [-0.2, 0) is 10.0 Å². The van der Waals surface area contributed by atoms with E-state index in [-0.39, 0.29) is 53.5 Å². The maximum absolute atomic E-state index is 13.8. The van der Waals surface area contributed by atoms with Crippen molar-refractivity contribution in [1.82, 2.24) is 9.29 Å². The molecule has 3 rings (SSSR count). The van der Waals surface area contributed by atoms with Crippen molar-refractivity contribution in [3.63, 3.8) is 0 Å². The summed E-state index contributed by atoms with van der Waals surface area (Å²) < 4.78 is 46.0. The third-order valence-corrected chi connectivity index (χ3v) is 6.35. The third-order valence-electron chi connectivity index (χ3n) is 4.39. The minimum absolute atomic E-state index is 0. The van der Waals surface area contributed by atoms with E-state index < -0.39 is 27.5 Å². The zero-order chi connectivity index (χ0) is 20.5. The Morgan fingerprint density at radius 1 is 1.45 bits per heavy atom. The van der Waals surface area contributed by atoms with Gasteiger partial charge < -0.3 is 15.6 Å². The van der Waals surface area contributed by atoms with Crippen LogP contribution in [0, 0.1) is 12.4 Å². The molecule has 1 aliphatic heterocycles. The van der Waals surface area contributed by atoms with Crippen LogP contribution in [0.4, 0.5) is 10.1 Å². The van der Waals surface area contributed by atoms with E-state index in [4.69, 9.17) is 28.6 Å². The van der Waals surface area contributed by atoms with Crippen LogP contribution in [0.15, 0.2) is 41.6 Å². The third kappa shape index (κ3) is 4.61. The lowest BCUT2D eigenvalue weighted by Crippen LogP contribution is -2.50. The molecule has 29 heavy (non-hydrogen) atoms. The summed E-state index contributed by atoms with van der Waals surface area (Å²) in [7, 11) is -4.03. The Labute approximate surface area is 178 Å². The molecule has 0 aliphatic carbocycles. The van der Waals surface area contributed by atoms with Crippen LogP contribution in [0.1, 0.15) is 0 Å². The van der Waals surface area contributed by atoms with E-state index in [0.29, 0.717) is 0 Å². The maximum Gasteiger partial charge on any atom is 0.260 e. The van der Waals surface area contributed by atoms with Crippen LogP contribution in [-0.4, -0.2) is 54.2 Å². The van der Waals surface area contributed by atoms with Gasteiger partial charge in [-0.15, -0.1) is 12.4 Å². The second-order valence-corrected chi connectivity index (χ2v) is 8.57. The highest BCUT2D eigenvalue weighted by Crippen LogP contribution is 2.31. The van der Waals surface area contributed by atoms with Crippen molar-refractivity contribution < 1.29 is 22.7 Å². The predicted molar refractivity (Wildman–Crippen MR) is 106 cm³/mol. The minimum atomic E-state index is -4.03. The molecular formula is C17H17Cl2FN4O4S. The van der Waals surface area contributed by atoms with E-state index in [0.717, 1.165) is 10.4 Å². The van der Waals surface area contributed by atoms with Crippen LogP contribution in [0.5, 0.6) is 5.75 Å². The number of hydrogen-bond donors (Lipinski definition) is 2. The molecule has 0 bridgehead atoms. The molecule has 0 radical (unpaired) electrons. The van der Waals surface area contributed by atoms with Gasteiger partial charge >= 0.3 is 0 Å². The summed E-state index contributed by atoms with van der Waals surface area (Å²) in [6.45, 7) is 6.05. The Kier molecular flexibility index (Phi) is 7.06. The Morgan fingerprint density at radius 3 is 2.72 bits per heavy atom. The summed E-state index contributed by atoms with van der Waals surface area (Å²) in [5.41, 5.74) is 3.79. The van der Waals surface area contributed by atoms with E-state index in [9.17, 15) is 17.9 Å². The molecule has 0 unspecified atom stereocenters. The van der Waals surface area contributed by atoms with Crippen molar-refractivity contribution in [2.24, 2.45) is 5.73 Å². The Hall–Kier alpha value is -2.00. The summed E-state index contributed by atoms with van der Waals surface area (Å²) in [4.78, 5) is 6.83. The van der Waals surface area contributed by atoms with Crippen LogP contribution >= 0.6 is 24.0 Å². The molecule has 2 atom stereocenters. The highest BCUT2D eigenvalue weighted by atomic mass is 35.5. The molecule has 2 aromatic rings. The van der Waals surface area contributed by atoms with Crippen molar-refractivity contribution >= 4 is 39.7 Å². The fourth-order valence-electron chi connectivity index (χ4n) is 2.82. The molecule has 0 saturated carbocycles. The van der Waals surface area contributed by atoms with Gasteiger partial charge in [-0.05, 0) is 24.3 Å². The molecule has 12 heteroatoms. The highest BCUT2D eigenvalue weighted by Gasteiger charge is 2.50. The molecule has 0 spiro atoms. The molecule has 1 saturated heterocycles. The summed E-state index contributed by atoms with van der Waals surface area (Å²) in [6, 6.07) is 6.25. The molecule has 0 amide bonds. The molecule has 8 nitrogen and oxygen atoms in total. The second kappa shape index (κ2) is 8.79. The van der Waals surface area contributed by atoms with E-state index in [1.54, 1.807) is 0 Å². The number of nitrogens with two attached hydrogens (primary N) is 1. The van der Waals surface area contributed by atoms with E-state index in [1.165, 1.54) is 30.5 Å². The van der Waals surface area contributed by atoms with Gasteiger partial charge in [0.1, 0.15) is 23.3 Å². The van der Waals surface area contributed by atoms with Gasteiger partial charge in [-0.3, -0.25) is 0 Å². The Morgan fingerprint density at radius 2 is 2.17 bits per heavy atom. The van der Waals surface area contributed by atoms with Gasteiger partial charge in [0.05, 0.1) is 18.1 Å². The van der Waals surface area contributed by atoms with Crippen LogP contribution in [0.2, 0.25) is 5.02 Å². The minimum Gasteiger partial charge on any atom is -0.486 e. The van der Waals surface area contributed by atoms with Gasteiger partial charge in [-0.25, -0.2) is 22.6 Å². The number of halogens is 3. The quantitative estimate of drug-likeness (QED) is 0.657. The first-order valence-corrected chi connectivity index (χ1v) is 9.89.